The lowest BCUT2D eigenvalue weighted by Crippen LogP contribution is -2.30. The first kappa shape index (κ1) is 17.5. The highest BCUT2D eigenvalue weighted by Crippen LogP contribution is 2.33. The number of hydrogen-bond acceptors (Lipinski definition) is 6. The van der Waals surface area contributed by atoms with E-state index in [0.717, 1.165) is 40.6 Å². The van der Waals surface area contributed by atoms with E-state index in [0.29, 0.717) is 18.0 Å². The highest BCUT2D eigenvalue weighted by atomic mass is 16.5. The van der Waals surface area contributed by atoms with Crippen LogP contribution in [0.4, 0.5) is 0 Å². The molecule has 3 aromatic heterocycles. The molecule has 0 radical (unpaired) electrons. The minimum absolute atomic E-state index is 0.00748. The molecule has 1 amide bonds. The van der Waals surface area contributed by atoms with Crippen molar-refractivity contribution in [2.24, 2.45) is 7.05 Å². The van der Waals surface area contributed by atoms with Crippen molar-refractivity contribution in [1.29, 1.82) is 0 Å². The van der Waals surface area contributed by atoms with Gasteiger partial charge in [-0.1, -0.05) is 17.3 Å². The molecule has 8 heteroatoms. The van der Waals surface area contributed by atoms with E-state index >= 15 is 0 Å². The molecule has 0 spiro atoms. The summed E-state index contributed by atoms with van der Waals surface area (Å²) in [5, 5.41) is 17.4. The van der Waals surface area contributed by atoms with Crippen molar-refractivity contribution >= 4 is 16.8 Å². The second kappa shape index (κ2) is 6.80. The molecule has 4 aromatic rings. The number of fused-ring (bicyclic) bond motifs is 1. The number of aryl methyl sites for hydroxylation is 2. The Morgan fingerprint density at radius 3 is 2.93 bits per heavy atom. The lowest BCUT2D eigenvalue weighted by molar-refractivity contribution is 0.0725. The monoisotopic (exact) mass is 388 g/mol. The number of carbonyl (C=O) groups excluding carboxylic acids is 1. The van der Waals surface area contributed by atoms with Gasteiger partial charge in [-0.15, -0.1) is 0 Å². The summed E-state index contributed by atoms with van der Waals surface area (Å²) in [7, 11) is 1.91. The summed E-state index contributed by atoms with van der Waals surface area (Å²) in [6.07, 6.45) is 5.22. The first-order valence-electron chi connectivity index (χ1n) is 9.60. The first-order valence-corrected chi connectivity index (χ1v) is 9.60. The molecule has 4 heterocycles. The SMILES string of the molecule is Cc1nn(C)c2cc(-c3cc(C(=O)N4CCCC4c4ccnnc4)no3)ccc12. The van der Waals surface area contributed by atoms with Gasteiger partial charge in [0.05, 0.1) is 23.4 Å². The Bertz CT molecular complexity index is 1200. The van der Waals surface area contributed by atoms with Crippen molar-refractivity contribution in [2.75, 3.05) is 6.54 Å². The van der Waals surface area contributed by atoms with Crippen molar-refractivity contribution in [3.8, 4) is 11.3 Å². The molecule has 1 saturated heterocycles. The smallest absolute Gasteiger partial charge is 0.276 e. The van der Waals surface area contributed by atoms with E-state index in [9.17, 15) is 4.79 Å². The fourth-order valence-electron chi connectivity index (χ4n) is 4.10. The molecule has 0 aliphatic carbocycles. The van der Waals surface area contributed by atoms with Gasteiger partial charge in [0.2, 0.25) is 0 Å². The lowest BCUT2D eigenvalue weighted by atomic mass is 10.1. The average molecular weight is 388 g/mol. The molecular formula is C21H20N6O2. The quantitative estimate of drug-likeness (QED) is 0.535. The third-order valence-corrected chi connectivity index (χ3v) is 5.56. The summed E-state index contributed by atoms with van der Waals surface area (Å²) in [6.45, 7) is 2.67. The number of rotatable bonds is 3. The molecule has 146 valence electrons. The van der Waals surface area contributed by atoms with Crippen molar-refractivity contribution in [3.63, 3.8) is 0 Å². The van der Waals surface area contributed by atoms with E-state index in [-0.39, 0.29) is 11.9 Å². The van der Waals surface area contributed by atoms with E-state index in [1.54, 1.807) is 18.5 Å². The molecule has 1 atom stereocenters. The van der Waals surface area contributed by atoms with Crippen LogP contribution in [0.5, 0.6) is 0 Å². The minimum Gasteiger partial charge on any atom is -0.355 e. The maximum atomic E-state index is 13.1. The van der Waals surface area contributed by atoms with Crippen LogP contribution in [0.2, 0.25) is 0 Å². The summed E-state index contributed by atoms with van der Waals surface area (Å²) < 4.78 is 7.36. The predicted molar refractivity (Wildman–Crippen MR) is 106 cm³/mol. The number of likely N-dealkylation sites (tertiary alicyclic amines) is 1. The predicted octanol–water partition coefficient (Wildman–Crippen LogP) is 3.30. The van der Waals surface area contributed by atoms with Crippen molar-refractivity contribution in [3.05, 3.63) is 59.7 Å². The van der Waals surface area contributed by atoms with E-state index in [2.05, 4.69) is 20.5 Å². The molecule has 1 unspecified atom stereocenters. The Balaban J connectivity index is 1.44. The zero-order valence-electron chi connectivity index (χ0n) is 16.2. The Morgan fingerprint density at radius 1 is 1.21 bits per heavy atom. The topological polar surface area (TPSA) is 89.9 Å². The summed E-state index contributed by atoms with van der Waals surface area (Å²) in [5.41, 5.74) is 4.16. The normalized spacial score (nSPS) is 16.6. The zero-order valence-corrected chi connectivity index (χ0v) is 16.2. The molecule has 0 bridgehead atoms. The number of amides is 1. The van der Waals surface area contributed by atoms with Gasteiger partial charge in [0.1, 0.15) is 0 Å². The molecule has 1 aliphatic rings. The van der Waals surface area contributed by atoms with Gasteiger partial charge in [-0.25, -0.2) is 0 Å². The molecule has 0 N–H and O–H groups in total. The van der Waals surface area contributed by atoms with E-state index < -0.39 is 0 Å². The van der Waals surface area contributed by atoms with Crippen LogP contribution in [0.3, 0.4) is 0 Å². The largest absolute Gasteiger partial charge is 0.355 e. The summed E-state index contributed by atoms with van der Waals surface area (Å²) in [4.78, 5) is 14.9. The van der Waals surface area contributed by atoms with Crippen LogP contribution in [0.15, 0.2) is 47.2 Å². The molecule has 5 rings (SSSR count). The van der Waals surface area contributed by atoms with Gasteiger partial charge in [0, 0.05) is 36.8 Å². The number of carbonyl (C=O) groups is 1. The molecule has 29 heavy (non-hydrogen) atoms. The van der Waals surface area contributed by atoms with Crippen molar-refractivity contribution in [1.82, 2.24) is 30.0 Å². The Morgan fingerprint density at radius 2 is 2.10 bits per heavy atom. The summed E-state index contributed by atoms with van der Waals surface area (Å²) in [5.74, 6) is 0.437. The third-order valence-electron chi connectivity index (χ3n) is 5.56. The van der Waals surface area contributed by atoms with Gasteiger partial charge in [-0.05, 0) is 37.5 Å². The highest BCUT2D eigenvalue weighted by molar-refractivity contribution is 5.94. The van der Waals surface area contributed by atoms with E-state index in [1.807, 2.05) is 47.8 Å². The molecule has 0 saturated carbocycles. The Kier molecular flexibility index (Phi) is 4.12. The van der Waals surface area contributed by atoms with Gasteiger partial charge in [-0.2, -0.15) is 15.3 Å². The highest BCUT2D eigenvalue weighted by Gasteiger charge is 2.32. The van der Waals surface area contributed by atoms with Crippen LogP contribution in [0.25, 0.3) is 22.2 Å². The fourth-order valence-corrected chi connectivity index (χ4v) is 4.10. The van der Waals surface area contributed by atoms with Crippen LogP contribution < -0.4 is 0 Å². The van der Waals surface area contributed by atoms with Crippen molar-refractivity contribution < 1.29 is 9.32 Å². The van der Waals surface area contributed by atoms with Gasteiger partial charge >= 0.3 is 0 Å². The van der Waals surface area contributed by atoms with Crippen LogP contribution in [0.1, 0.15) is 40.6 Å². The molecule has 1 aromatic carbocycles. The van der Waals surface area contributed by atoms with Crippen LogP contribution in [-0.4, -0.2) is 42.5 Å². The van der Waals surface area contributed by atoms with Crippen LogP contribution in [-0.2, 0) is 7.05 Å². The summed E-state index contributed by atoms with van der Waals surface area (Å²) in [6, 6.07) is 9.60. The second-order valence-electron chi connectivity index (χ2n) is 7.35. The number of nitrogens with zero attached hydrogens (tertiary/aromatic N) is 6. The van der Waals surface area contributed by atoms with Gasteiger partial charge in [0.25, 0.3) is 5.91 Å². The van der Waals surface area contributed by atoms with Gasteiger partial charge in [-0.3, -0.25) is 9.48 Å². The van der Waals surface area contributed by atoms with Gasteiger partial charge in [0.15, 0.2) is 11.5 Å². The third kappa shape index (κ3) is 2.97. The maximum Gasteiger partial charge on any atom is 0.276 e. The molecule has 1 fully saturated rings. The van der Waals surface area contributed by atoms with Crippen molar-refractivity contribution in [2.45, 2.75) is 25.8 Å². The fraction of sp³-hybridized carbons (Fsp3) is 0.286. The maximum absolute atomic E-state index is 13.1. The van der Waals surface area contributed by atoms with E-state index in [1.165, 1.54) is 0 Å². The minimum atomic E-state index is -0.128. The average Bonchev–Trinajstić information content (AvgIpc) is 3.48. The Labute approximate surface area is 167 Å². The summed E-state index contributed by atoms with van der Waals surface area (Å²) >= 11 is 0. The van der Waals surface area contributed by atoms with Gasteiger partial charge < -0.3 is 9.42 Å². The molecular weight excluding hydrogens is 368 g/mol. The molecule has 1 aliphatic heterocycles. The van der Waals surface area contributed by atoms with Crippen LogP contribution >= 0.6 is 0 Å². The number of hydrogen-bond donors (Lipinski definition) is 0. The molecule has 8 nitrogen and oxygen atoms in total. The first-order chi connectivity index (χ1) is 14.1. The number of benzene rings is 1. The standard InChI is InChI=1S/C21H20N6O2/c1-13-16-6-5-14(10-19(16)26(2)24-13)20-11-17(25-29-20)21(28)27-9-3-4-18(27)15-7-8-22-23-12-15/h5-8,10-12,18H,3-4,9H2,1-2H3. The Hall–Kier alpha value is -3.55. The lowest BCUT2D eigenvalue weighted by Gasteiger charge is -2.23. The van der Waals surface area contributed by atoms with E-state index in [4.69, 9.17) is 4.52 Å². The van der Waals surface area contributed by atoms with Crippen LogP contribution in [0, 0.1) is 6.92 Å². The number of aromatic nitrogens is 5. The second-order valence-corrected chi connectivity index (χ2v) is 7.35. The zero-order chi connectivity index (χ0) is 20.0.